The van der Waals surface area contributed by atoms with E-state index in [2.05, 4.69) is 0 Å². The fourth-order valence-electron chi connectivity index (χ4n) is 0.612. The second kappa shape index (κ2) is 7.45. The summed E-state index contributed by atoms with van der Waals surface area (Å²) in [6.45, 7) is 10.8. The molecule has 0 saturated carbocycles. The summed E-state index contributed by atoms with van der Waals surface area (Å²) in [4.78, 5) is 29.7. The fourth-order valence-corrected chi connectivity index (χ4v) is 0.612. The maximum Gasteiger partial charge on any atom is 0.509 e. The molecule has 19 heavy (non-hydrogen) atoms. The van der Waals surface area contributed by atoms with Crippen LogP contribution in [-0.2, 0) is 9.47 Å². The Hall–Kier alpha value is -1.99. The summed E-state index contributed by atoms with van der Waals surface area (Å²) in [6.07, 6.45) is -3.74. The second-order valence-electron chi connectivity index (χ2n) is 5.41. The number of hydrogen-bond donors (Lipinski definition) is 3. The third kappa shape index (κ3) is 21.8. The van der Waals surface area contributed by atoms with Gasteiger partial charge in [0.25, 0.3) is 0 Å². The number of carbonyl (C=O) groups is 3. The summed E-state index contributed by atoms with van der Waals surface area (Å²) < 4.78 is 9.91. The van der Waals surface area contributed by atoms with Crippen molar-refractivity contribution in [3.05, 3.63) is 0 Å². The van der Waals surface area contributed by atoms with Gasteiger partial charge in [0.2, 0.25) is 0 Å². The van der Waals surface area contributed by atoms with Crippen LogP contribution in [0.3, 0.4) is 0 Å². The minimum atomic E-state index is -1.56. The average molecular weight is 279 g/mol. The average Bonchev–Trinajstić information content (AvgIpc) is 1.91. The van der Waals surface area contributed by atoms with Crippen molar-refractivity contribution >= 4 is 18.3 Å². The van der Waals surface area contributed by atoms with E-state index in [9.17, 15) is 14.4 Å². The van der Waals surface area contributed by atoms with Crippen LogP contribution in [0.25, 0.3) is 0 Å². The lowest BCUT2D eigenvalue weighted by Gasteiger charge is -2.24. The zero-order valence-electron chi connectivity index (χ0n) is 11.9. The molecule has 0 saturated heterocycles. The number of carboxylic acid groups (broad SMARTS) is 2. The van der Waals surface area contributed by atoms with Crippen LogP contribution in [0.1, 0.15) is 41.5 Å². The Bertz CT molecular complexity index is 295. The maximum absolute atomic E-state index is 11.0. The van der Waals surface area contributed by atoms with Crippen molar-refractivity contribution in [2.45, 2.75) is 52.7 Å². The van der Waals surface area contributed by atoms with Crippen molar-refractivity contribution in [1.29, 1.82) is 0 Å². The topological polar surface area (TPSA) is 122 Å². The quantitative estimate of drug-likeness (QED) is 0.582. The van der Waals surface area contributed by atoms with E-state index in [0.717, 1.165) is 5.32 Å². The second-order valence-corrected chi connectivity index (χ2v) is 5.41. The summed E-state index contributed by atoms with van der Waals surface area (Å²) in [5.74, 6) is 0. The summed E-state index contributed by atoms with van der Waals surface area (Å²) >= 11 is 0. The largest absolute Gasteiger partial charge is 0.509 e. The van der Waals surface area contributed by atoms with Crippen LogP contribution in [0.4, 0.5) is 14.4 Å². The lowest BCUT2D eigenvalue weighted by molar-refractivity contribution is -0.0468. The molecule has 0 unspecified atom stereocenters. The highest BCUT2D eigenvalue weighted by Gasteiger charge is 2.22. The van der Waals surface area contributed by atoms with Crippen LogP contribution < -0.4 is 5.32 Å². The Labute approximate surface area is 111 Å². The number of ether oxygens (including phenoxy) is 2. The molecule has 0 aromatic rings. The van der Waals surface area contributed by atoms with Crippen molar-refractivity contribution in [1.82, 2.24) is 5.32 Å². The van der Waals surface area contributed by atoms with Gasteiger partial charge in [-0.25, -0.2) is 19.7 Å². The molecular formula is C11H21NO7. The van der Waals surface area contributed by atoms with Gasteiger partial charge in [-0.1, -0.05) is 0 Å². The third-order valence-electron chi connectivity index (χ3n) is 0.993. The van der Waals surface area contributed by atoms with E-state index in [0.29, 0.717) is 0 Å². The molecule has 0 aromatic heterocycles. The van der Waals surface area contributed by atoms with E-state index in [1.165, 1.54) is 0 Å². The van der Waals surface area contributed by atoms with Crippen LogP contribution in [0.2, 0.25) is 0 Å². The Morgan fingerprint density at radius 3 is 1.16 bits per heavy atom. The van der Waals surface area contributed by atoms with Crippen LogP contribution in [0.15, 0.2) is 0 Å². The van der Waals surface area contributed by atoms with Gasteiger partial charge in [-0.2, -0.15) is 0 Å². The van der Waals surface area contributed by atoms with Crippen LogP contribution in [-0.4, -0.2) is 39.8 Å². The van der Waals surface area contributed by atoms with Crippen molar-refractivity contribution in [3.63, 3.8) is 0 Å². The monoisotopic (exact) mass is 279 g/mol. The van der Waals surface area contributed by atoms with E-state index in [1.54, 1.807) is 41.5 Å². The number of carbonyl (C=O) groups excluding carboxylic acids is 1. The van der Waals surface area contributed by atoms with Crippen LogP contribution in [0, 0.1) is 0 Å². The molecule has 0 aliphatic rings. The number of nitrogens with one attached hydrogen (secondary N) is 1. The van der Waals surface area contributed by atoms with Gasteiger partial charge in [0.05, 0.1) is 0 Å². The van der Waals surface area contributed by atoms with Crippen LogP contribution >= 0.6 is 0 Å². The molecule has 2 amide bonds. The number of hydrogen-bond acceptors (Lipinski definition) is 5. The lowest BCUT2D eigenvalue weighted by atomic mass is 10.2. The van der Waals surface area contributed by atoms with Gasteiger partial charge in [0, 0.05) is 0 Å². The van der Waals surface area contributed by atoms with E-state index in [-0.39, 0.29) is 0 Å². The first-order chi connectivity index (χ1) is 8.23. The standard InChI is InChI=1S/C9H18O3.C2H3NO4/c1-8(2,3)11-7(10)12-9(4,5)6;4-1(5)3-2(6)7/h1-6H3;3H,(H,4,5)(H,6,7). The first-order valence-corrected chi connectivity index (χ1v) is 5.38. The molecule has 0 rings (SSSR count). The molecule has 0 bridgehead atoms. The van der Waals surface area contributed by atoms with Gasteiger partial charge in [0.15, 0.2) is 0 Å². The van der Waals surface area contributed by atoms with Gasteiger partial charge in [-0.15, -0.1) is 0 Å². The number of amides is 2. The Morgan fingerprint density at radius 2 is 1.05 bits per heavy atom. The summed E-state index contributed by atoms with van der Waals surface area (Å²) in [6, 6.07) is 0. The Balaban J connectivity index is 0. The number of imide groups is 1. The van der Waals surface area contributed by atoms with Gasteiger partial charge in [0.1, 0.15) is 11.2 Å². The minimum absolute atomic E-state index is 0.484. The van der Waals surface area contributed by atoms with Gasteiger partial charge >= 0.3 is 18.3 Å². The zero-order chi connectivity index (χ0) is 15.9. The highest BCUT2D eigenvalue weighted by molar-refractivity contribution is 5.84. The zero-order valence-corrected chi connectivity index (χ0v) is 11.9. The minimum Gasteiger partial charge on any atom is -0.465 e. The molecular weight excluding hydrogens is 258 g/mol. The molecule has 0 aromatic carbocycles. The maximum atomic E-state index is 11.0. The summed E-state index contributed by atoms with van der Waals surface area (Å²) in [5, 5.41) is 16.3. The van der Waals surface area contributed by atoms with E-state index in [4.69, 9.17) is 19.7 Å². The molecule has 112 valence electrons. The van der Waals surface area contributed by atoms with Crippen molar-refractivity contribution in [2.24, 2.45) is 0 Å². The molecule has 0 heterocycles. The molecule has 8 heteroatoms. The molecule has 0 radical (unpaired) electrons. The molecule has 0 fully saturated rings. The Kier molecular flexibility index (Phi) is 7.58. The molecule has 0 aliphatic carbocycles. The number of rotatable bonds is 0. The SMILES string of the molecule is CC(C)(C)OC(=O)OC(C)(C)C.O=C(O)NC(=O)O. The van der Waals surface area contributed by atoms with E-state index >= 15 is 0 Å². The third-order valence-corrected chi connectivity index (χ3v) is 0.993. The van der Waals surface area contributed by atoms with Gasteiger partial charge < -0.3 is 19.7 Å². The van der Waals surface area contributed by atoms with Crippen molar-refractivity contribution < 1.29 is 34.1 Å². The lowest BCUT2D eigenvalue weighted by Crippen LogP contribution is -2.30. The normalized spacial score (nSPS) is 10.6. The highest BCUT2D eigenvalue weighted by Crippen LogP contribution is 2.13. The summed E-state index contributed by atoms with van der Waals surface area (Å²) in [5.41, 5.74) is -0.968. The van der Waals surface area contributed by atoms with E-state index in [1.807, 2.05) is 0 Å². The Morgan fingerprint density at radius 1 is 0.789 bits per heavy atom. The smallest absolute Gasteiger partial charge is 0.465 e. The predicted molar refractivity (Wildman–Crippen MR) is 66.3 cm³/mol. The fraction of sp³-hybridized carbons (Fsp3) is 0.727. The van der Waals surface area contributed by atoms with Gasteiger partial charge in [-0.05, 0) is 41.5 Å². The molecule has 0 atom stereocenters. The summed E-state index contributed by atoms with van der Waals surface area (Å²) in [7, 11) is 0. The van der Waals surface area contributed by atoms with Crippen molar-refractivity contribution in [3.8, 4) is 0 Å². The van der Waals surface area contributed by atoms with E-state index < -0.39 is 29.5 Å². The molecule has 3 N–H and O–H groups in total. The molecule has 0 aliphatic heterocycles. The highest BCUT2D eigenvalue weighted by atomic mass is 16.7. The van der Waals surface area contributed by atoms with Gasteiger partial charge in [-0.3, -0.25) is 0 Å². The first kappa shape index (κ1) is 19.4. The molecule has 8 nitrogen and oxygen atoms in total. The van der Waals surface area contributed by atoms with Crippen LogP contribution in [0.5, 0.6) is 0 Å². The van der Waals surface area contributed by atoms with Crippen molar-refractivity contribution in [2.75, 3.05) is 0 Å². The molecule has 0 spiro atoms. The first-order valence-electron chi connectivity index (χ1n) is 5.38. The predicted octanol–water partition coefficient (Wildman–Crippen LogP) is 2.67.